The minimum absolute atomic E-state index is 0.00414. The molecular weight excluding hydrogens is 282 g/mol. The molecule has 2 rings (SSSR count). The molecule has 0 radical (unpaired) electrons. The average molecular weight is 297 g/mol. The Bertz CT molecular complexity index is 691. The van der Waals surface area contributed by atoms with Gasteiger partial charge in [-0.3, -0.25) is 14.3 Å². The molecule has 0 bridgehead atoms. The van der Waals surface area contributed by atoms with Gasteiger partial charge in [-0.05, 0) is 12.5 Å². The van der Waals surface area contributed by atoms with Crippen molar-refractivity contribution in [2.24, 2.45) is 5.11 Å². The fourth-order valence-corrected chi connectivity index (χ4v) is 2.37. The number of H-pyrrole nitrogens is 1. The normalized spacial score (nSPS) is 28.3. The van der Waals surface area contributed by atoms with E-state index >= 15 is 0 Å². The third-order valence-corrected chi connectivity index (χ3v) is 3.59. The molecule has 21 heavy (non-hydrogen) atoms. The van der Waals surface area contributed by atoms with E-state index in [0.29, 0.717) is 5.56 Å². The molecule has 1 aliphatic heterocycles. The maximum absolute atomic E-state index is 11.8. The Morgan fingerprint density at radius 1 is 1.62 bits per heavy atom. The number of aliphatic hydroxyl groups excluding tert-OH is 2. The van der Waals surface area contributed by atoms with Gasteiger partial charge in [0.05, 0.1) is 19.3 Å². The zero-order valence-corrected chi connectivity index (χ0v) is 11.3. The molecule has 1 fully saturated rings. The third kappa shape index (κ3) is 2.57. The molecule has 0 aliphatic carbocycles. The fourth-order valence-electron chi connectivity index (χ4n) is 2.37. The molecule has 0 saturated carbocycles. The molecule has 10 nitrogen and oxygen atoms in total. The van der Waals surface area contributed by atoms with Crippen LogP contribution < -0.4 is 11.2 Å². The summed E-state index contributed by atoms with van der Waals surface area (Å²) in [5, 5.41) is 22.3. The largest absolute Gasteiger partial charge is 0.396 e. The summed E-state index contributed by atoms with van der Waals surface area (Å²) in [5.41, 5.74) is 6.40. The van der Waals surface area contributed by atoms with Gasteiger partial charge in [-0.25, -0.2) is 4.79 Å². The zero-order chi connectivity index (χ0) is 15.6. The van der Waals surface area contributed by atoms with Crippen molar-refractivity contribution < 1.29 is 14.9 Å². The molecule has 2 heterocycles. The van der Waals surface area contributed by atoms with Gasteiger partial charge < -0.3 is 14.9 Å². The van der Waals surface area contributed by atoms with E-state index in [9.17, 15) is 19.8 Å². The van der Waals surface area contributed by atoms with Crippen LogP contribution in [0.4, 0.5) is 0 Å². The maximum Gasteiger partial charge on any atom is 0.330 e. The van der Waals surface area contributed by atoms with Crippen molar-refractivity contribution in [1.29, 1.82) is 0 Å². The molecule has 1 aromatic heterocycles. The molecule has 3 N–H and O–H groups in total. The number of azide groups is 1. The SMILES string of the molecule is Cc1cn([C@H]2C[C@@](CO)(N=[N+]=[N-])[C@@H](CO)O2)c(=O)[nH]c1=O. The highest BCUT2D eigenvalue weighted by molar-refractivity contribution is 5.06. The van der Waals surface area contributed by atoms with Gasteiger partial charge in [-0.1, -0.05) is 5.11 Å². The lowest BCUT2D eigenvalue weighted by Crippen LogP contribution is -2.41. The maximum atomic E-state index is 11.8. The molecule has 0 amide bonds. The predicted molar refractivity (Wildman–Crippen MR) is 70.6 cm³/mol. The van der Waals surface area contributed by atoms with E-state index in [0.717, 1.165) is 4.57 Å². The second kappa shape index (κ2) is 5.70. The minimum atomic E-state index is -1.35. The summed E-state index contributed by atoms with van der Waals surface area (Å²) in [6, 6.07) is 0. The summed E-state index contributed by atoms with van der Waals surface area (Å²) < 4.78 is 6.64. The first-order chi connectivity index (χ1) is 9.97. The van der Waals surface area contributed by atoms with E-state index in [1.54, 1.807) is 0 Å². The van der Waals surface area contributed by atoms with Gasteiger partial charge in [0.1, 0.15) is 11.8 Å². The van der Waals surface area contributed by atoms with Crippen LogP contribution in [0.2, 0.25) is 0 Å². The van der Waals surface area contributed by atoms with Crippen LogP contribution in [-0.2, 0) is 4.74 Å². The van der Waals surface area contributed by atoms with Crippen molar-refractivity contribution in [3.8, 4) is 0 Å². The van der Waals surface area contributed by atoms with E-state index in [1.165, 1.54) is 13.1 Å². The number of aromatic nitrogens is 2. The Hall–Kier alpha value is -2.13. The predicted octanol–water partition coefficient (Wildman–Crippen LogP) is -0.834. The van der Waals surface area contributed by atoms with Crippen LogP contribution in [0.25, 0.3) is 10.4 Å². The van der Waals surface area contributed by atoms with Crippen molar-refractivity contribution in [2.75, 3.05) is 13.2 Å². The van der Waals surface area contributed by atoms with Gasteiger partial charge in [-0.2, -0.15) is 0 Å². The number of aromatic amines is 1. The van der Waals surface area contributed by atoms with Crippen molar-refractivity contribution in [3.63, 3.8) is 0 Å². The van der Waals surface area contributed by atoms with Gasteiger partial charge in [-0.15, -0.1) is 0 Å². The van der Waals surface area contributed by atoms with Gasteiger partial charge in [0, 0.05) is 23.1 Å². The molecule has 1 aliphatic rings. The quantitative estimate of drug-likeness (QED) is 0.376. The summed E-state index contributed by atoms with van der Waals surface area (Å²) in [5.74, 6) is 0. The van der Waals surface area contributed by atoms with E-state index in [2.05, 4.69) is 15.0 Å². The van der Waals surface area contributed by atoms with Gasteiger partial charge in [0.2, 0.25) is 0 Å². The minimum Gasteiger partial charge on any atom is -0.396 e. The molecule has 1 saturated heterocycles. The van der Waals surface area contributed by atoms with Crippen molar-refractivity contribution >= 4 is 0 Å². The molecule has 10 heteroatoms. The molecule has 1 aromatic rings. The number of aryl methyl sites for hydroxylation is 1. The molecule has 0 aromatic carbocycles. The van der Waals surface area contributed by atoms with Crippen LogP contribution in [0.5, 0.6) is 0 Å². The number of hydrogen-bond donors (Lipinski definition) is 3. The molecule has 3 atom stereocenters. The number of nitrogens with zero attached hydrogens (tertiary/aromatic N) is 4. The molecule has 0 spiro atoms. The second-order valence-electron chi connectivity index (χ2n) is 4.90. The smallest absolute Gasteiger partial charge is 0.330 e. The van der Waals surface area contributed by atoms with Crippen molar-refractivity contribution in [1.82, 2.24) is 9.55 Å². The highest BCUT2D eigenvalue weighted by Crippen LogP contribution is 2.38. The van der Waals surface area contributed by atoms with E-state index in [4.69, 9.17) is 10.3 Å². The Balaban J connectivity index is 2.45. The van der Waals surface area contributed by atoms with E-state index < -0.39 is 42.3 Å². The monoisotopic (exact) mass is 297 g/mol. The van der Waals surface area contributed by atoms with Crippen molar-refractivity contribution in [3.05, 3.63) is 43.0 Å². The standard InChI is InChI=1S/C11H15N5O5/c1-6-3-16(10(20)13-9(6)19)8-2-11(5-18,14-15-12)7(4-17)21-8/h3,7-8,17-18H,2,4-5H2,1H3,(H,13,19,20)/t7-,8-,11+/m1/s1. The first-order valence-electron chi connectivity index (χ1n) is 6.23. The summed E-state index contributed by atoms with van der Waals surface area (Å²) >= 11 is 0. The topological polar surface area (TPSA) is 153 Å². The summed E-state index contributed by atoms with van der Waals surface area (Å²) in [4.78, 5) is 28.0. The average Bonchev–Trinajstić information content (AvgIpc) is 2.82. The number of aliphatic hydroxyl groups is 2. The number of hydrogen-bond acceptors (Lipinski definition) is 6. The van der Waals surface area contributed by atoms with E-state index in [1.807, 2.05) is 0 Å². The van der Waals surface area contributed by atoms with Crippen LogP contribution in [-0.4, -0.2) is 44.6 Å². The van der Waals surface area contributed by atoms with E-state index in [-0.39, 0.29) is 6.42 Å². The first-order valence-corrected chi connectivity index (χ1v) is 6.23. The number of rotatable bonds is 4. The lowest BCUT2D eigenvalue weighted by atomic mass is 9.93. The highest BCUT2D eigenvalue weighted by Gasteiger charge is 2.48. The fraction of sp³-hybridized carbons (Fsp3) is 0.636. The Labute approximate surface area is 118 Å². The van der Waals surface area contributed by atoms with Crippen LogP contribution in [0.1, 0.15) is 18.2 Å². The number of ether oxygens (including phenoxy) is 1. The van der Waals surface area contributed by atoms with Gasteiger partial charge in [0.25, 0.3) is 5.56 Å². The van der Waals surface area contributed by atoms with Crippen molar-refractivity contribution in [2.45, 2.75) is 31.2 Å². The van der Waals surface area contributed by atoms with Crippen LogP contribution >= 0.6 is 0 Å². The van der Waals surface area contributed by atoms with Gasteiger partial charge in [0.15, 0.2) is 0 Å². The first kappa shape index (κ1) is 15.3. The lowest BCUT2D eigenvalue weighted by molar-refractivity contribution is -0.0411. The summed E-state index contributed by atoms with van der Waals surface area (Å²) in [6.07, 6.45) is -0.473. The van der Waals surface area contributed by atoms with Crippen LogP contribution in [0.3, 0.4) is 0 Å². The molecule has 114 valence electrons. The molecule has 0 unspecified atom stereocenters. The Morgan fingerprint density at radius 3 is 2.90 bits per heavy atom. The third-order valence-electron chi connectivity index (χ3n) is 3.59. The Kier molecular flexibility index (Phi) is 4.14. The second-order valence-corrected chi connectivity index (χ2v) is 4.90. The van der Waals surface area contributed by atoms with Gasteiger partial charge >= 0.3 is 5.69 Å². The van der Waals surface area contributed by atoms with Crippen LogP contribution in [0.15, 0.2) is 20.9 Å². The highest BCUT2D eigenvalue weighted by atomic mass is 16.5. The zero-order valence-electron chi connectivity index (χ0n) is 11.3. The summed E-state index contributed by atoms with van der Waals surface area (Å²) in [6.45, 7) is 0.517. The molecular formula is C11H15N5O5. The number of nitrogens with one attached hydrogen (secondary N) is 1. The lowest BCUT2D eigenvalue weighted by Gasteiger charge is -2.24. The Morgan fingerprint density at radius 2 is 2.33 bits per heavy atom. The summed E-state index contributed by atoms with van der Waals surface area (Å²) in [7, 11) is 0. The van der Waals surface area contributed by atoms with Crippen LogP contribution in [0, 0.1) is 6.92 Å².